The maximum absolute atomic E-state index is 10.1. The van der Waals surface area contributed by atoms with E-state index in [0.29, 0.717) is 11.3 Å². The summed E-state index contributed by atoms with van der Waals surface area (Å²) in [6, 6.07) is 5.17. The molecule has 5 nitrogen and oxygen atoms in total. The van der Waals surface area contributed by atoms with Gasteiger partial charge in [0.1, 0.15) is 11.5 Å². The van der Waals surface area contributed by atoms with Gasteiger partial charge in [-0.15, -0.1) is 11.3 Å². The first kappa shape index (κ1) is 12.7. The van der Waals surface area contributed by atoms with Crippen molar-refractivity contribution in [3.8, 4) is 34.0 Å². The molecule has 1 aromatic carbocycles. The van der Waals surface area contributed by atoms with E-state index < -0.39 is 0 Å². The van der Waals surface area contributed by atoms with Gasteiger partial charge in [-0.25, -0.2) is 4.98 Å². The zero-order chi connectivity index (χ0) is 14.1. The lowest BCUT2D eigenvalue weighted by Gasteiger charge is -2.06. The number of nitrogens with one attached hydrogen (secondary N) is 1. The summed E-state index contributed by atoms with van der Waals surface area (Å²) >= 11 is 1.58. The van der Waals surface area contributed by atoms with Crippen LogP contribution in [0.1, 0.15) is 5.01 Å². The number of aromatic hydroxyl groups is 1. The first-order valence-electron chi connectivity index (χ1n) is 6.02. The van der Waals surface area contributed by atoms with E-state index in [1.807, 2.05) is 12.3 Å². The Balaban J connectivity index is 2.10. The van der Waals surface area contributed by atoms with Crippen molar-refractivity contribution >= 4 is 11.3 Å². The van der Waals surface area contributed by atoms with E-state index in [0.717, 1.165) is 22.0 Å². The Bertz CT molecular complexity index is 748. The molecule has 102 valence electrons. The van der Waals surface area contributed by atoms with Gasteiger partial charge in [0.15, 0.2) is 0 Å². The van der Waals surface area contributed by atoms with Crippen molar-refractivity contribution in [1.82, 2.24) is 15.2 Å². The molecule has 0 unspecified atom stereocenters. The molecule has 0 fully saturated rings. The quantitative estimate of drug-likeness (QED) is 0.776. The van der Waals surface area contributed by atoms with Crippen LogP contribution < -0.4 is 4.74 Å². The molecule has 2 aromatic heterocycles. The second kappa shape index (κ2) is 4.97. The molecule has 0 radical (unpaired) electrons. The lowest BCUT2D eigenvalue weighted by Crippen LogP contribution is -1.87. The van der Waals surface area contributed by atoms with Crippen LogP contribution in [0, 0.1) is 6.92 Å². The number of methoxy groups -OCH3 is 1. The Morgan fingerprint density at radius 1 is 1.30 bits per heavy atom. The van der Waals surface area contributed by atoms with Gasteiger partial charge in [0.25, 0.3) is 0 Å². The molecule has 20 heavy (non-hydrogen) atoms. The second-order valence-electron chi connectivity index (χ2n) is 4.29. The Morgan fingerprint density at radius 3 is 2.80 bits per heavy atom. The van der Waals surface area contributed by atoms with Crippen LogP contribution >= 0.6 is 11.3 Å². The lowest BCUT2D eigenvalue weighted by molar-refractivity contribution is 0.408. The fourth-order valence-electron chi connectivity index (χ4n) is 2.02. The number of aromatic amines is 1. The summed E-state index contributed by atoms with van der Waals surface area (Å²) in [6.45, 7) is 1.96. The van der Waals surface area contributed by atoms with Crippen molar-refractivity contribution in [2.45, 2.75) is 6.92 Å². The van der Waals surface area contributed by atoms with Gasteiger partial charge in [-0.05, 0) is 19.1 Å². The van der Waals surface area contributed by atoms with Crippen LogP contribution in [0.15, 0.2) is 29.8 Å². The van der Waals surface area contributed by atoms with Crippen molar-refractivity contribution < 1.29 is 9.84 Å². The first-order valence-corrected chi connectivity index (χ1v) is 6.90. The molecule has 0 atom stereocenters. The molecule has 0 aliphatic carbocycles. The predicted molar refractivity (Wildman–Crippen MR) is 78.1 cm³/mol. The molecule has 0 aliphatic rings. The largest absolute Gasteiger partial charge is 0.507 e. The Hall–Kier alpha value is -2.34. The molecule has 0 bridgehead atoms. The number of hydrogen-bond donors (Lipinski definition) is 2. The highest BCUT2D eigenvalue weighted by molar-refractivity contribution is 7.09. The number of phenols is 1. The SMILES string of the molecule is COc1ccc(-c2[nH]ncc2-c2csc(C)n2)c(O)c1. The normalized spacial score (nSPS) is 10.7. The standard InChI is InChI=1S/C14H13N3O2S/c1-8-16-12(7-20-8)11-6-15-17-14(11)10-4-3-9(19-2)5-13(10)18/h3-7,18H,1-2H3,(H,15,17). The molecule has 2 heterocycles. The van der Waals surface area contributed by atoms with E-state index in [2.05, 4.69) is 15.2 Å². The van der Waals surface area contributed by atoms with Gasteiger partial charge in [0.2, 0.25) is 0 Å². The number of ether oxygens (including phenoxy) is 1. The molecule has 6 heteroatoms. The molecule has 2 N–H and O–H groups in total. The zero-order valence-electron chi connectivity index (χ0n) is 11.0. The number of rotatable bonds is 3. The maximum atomic E-state index is 10.1. The van der Waals surface area contributed by atoms with Crippen molar-refractivity contribution in [3.05, 3.63) is 34.8 Å². The monoisotopic (exact) mass is 287 g/mol. The van der Waals surface area contributed by atoms with Gasteiger partial charge in [-0.1, -0.05) is 0 Å². The summed E-state index contributed by atoms with van der Waals surface area (Å²) < 4.78 is 5.09. The minimum absolute atomic E-state index is 0.141. The third kappa shape index (κ3) is 2.14. The van der Waals surface area contributed by atoms with Gasteiger partial charge in [-0.3, -0.25) is 5.10 Å². The van der Waals surface area contributed by atoms with Crippen LogP contribution in [0.3, 0.4) is 0 Å². The average Bonchev–Trinajstić information content (AvgIpc) is 3.07. The number of hydrogen-bond acceptors (Lipinski definition) is 5. The molecule has 3 rings (SSSR count). The molecular formula is C14H13N3O2S. The summed E-state index contributed by atoms with van der Waals surface area (Å²) in [5.74, 6) is 0.749. The van der Waals surface area contributed by atoms with Crippen LogP contribution in [0.2, 0.25) is 0 Å². The van der Waals surface area contributed by atoms with Gasteiger partial charge in [-0.2, -0.15) is 5.10 Å². The predicted octanol–water partition coefficient (Wildman–Crippen LogP) is 3.22. The smallest absolute Gasteiger partial charge is 0.128 e. The third-order valence-corrected chi connectivity index (χ3v) is 3.78. The Labute approximate surface area is 119 Å². The Kier molecular flexibility index (Phi) is 3.15. The van der Waals surface area contributed by atoms with Crippen LogP contribution in [-0.4, -0.2) is 27.4 Å². The summed E-state index contributed by atoms with van der Waals surface area (Å²) in [4.78, 5) is 4.45. The topological polar surface area (TPSA) is 71.0 Å². The van der Waals surface area contributed by atoms with Crippen molar-refractivity contribution in [2.24, 2.45) is 0 Å². The summed E-state index contributed by atoms with van der Waals surface area (Å²) in [7, 11) is 1.56. The zero-order valence-corrected chi connectivity index (χ0v) is 11.9. The molecule has 0 spiro atoms. The molecule has 0 amide bonds. The average molecular weight is 287 g/mol. The number of phenolic OH excluding ortho intramolecular Hbond substituents is 1. The van der Waals surface area contributed by atoms with Crippen LogP contribution in [-0.2, 0) is 0 Å². The van der Waals surface area contributed by atoms with Crippen LogP contribution in [0.5, 0.6) is 11.5 Å². The number of nitrogens with zero attached hydrogens (tertiary/aromatic N) is 2. The minimum atomic E-state index is 0.141. The molecular weight excluding hydrogens is 274 g/mol. The highest BCUT2D eigenvalue weighted by atomic mass is 32.1. The molecule has 3 aromatic rings. The van der Waals surface area contributed by atoms with Crippen LogP contribution in [0.4, 0.5) is 0 Å². The minimum Gasteiger partial charge on any atom is -0.507 e. The summed E-state index contributed by atoms with van der Waals surface area (Å²) in [5.41, 5.74) is 3.14. The fourth-order valence-corrected chi connectivity index (χ4v) is 2.64. The van der Waals surface area contributed by atoms with Crippen LogP contribution in [0.25, 0.3) is 22.5 Å². The van der Waals surface area contributed by atoms with E-state index in [1.165, 1.54) is 0 Å². The van der Waals surface area contributed by atoms with Gasteiger partial charge in [0, 0.05) is 22.6 Å². The van der Waals surface area contributed by atoms with Crippen molar-refractivity contribution in [2.75, 3.05) is 7.11 Å². The maximum Gasteiger partial charge on any atom is 0.128 e. The van der Waals surface area contributed by atoms with E-state index in [1.54, 1.807) is 42.8 Å². The number of aryl methyl sites for hydroxylation is 1. The highest BCUT2D eigenvalue weighted by Crippen LogP contribution is 2.37. The van der Waals surface area contributed by atoms with E-state index in [-0.39, 0.29) is 5.75 Å². The van der Waals surface area contributed by atoms with E-state index in [4.69, 9.17) is 4.74 Å². The summed E-state index contributed by atoms with van der Waals surface area (Å²) in [6.07, 6.45) is 1.72. The third-order valence-electron chi connectivity index (χ3n) is 3.01. The van der Waals surface area contributed by atoms with Crippen molar-refractivity contribution in [3.63, 3.8) is 0 Å². The fraction of sp³-hybridized carbons (Fsp3) is 0.143. The molecule has 0 saturated carbocycles. The van der Waals surface area contributed by atoms with E-state index >= 15 is 0 Å². The number of H-pyrrole nitrogens is 1. The van der Waals surface area contributed by atoms with Gasteiger partial charge >= 0.3 is 0 Å². The Morgan fingerprint density at radius 2 is 2.15 bits per heavy atom. The lowest BCUT2D eigenvalue weighted by atomic mass is 10.1. The second-order valence-corrected chi connectivity index (χ2v) is 5.36. The first-order chi connectivity index (χ1) is 9.69. The number of aromatic nitrogens is 3. The van der Waals surface area contributed by atoms with Gasteiger partial charge < -0.3 is 9.84 Å². The number of benzene rings is 1. The highest BCUT2D eigenvalue weighted by Gasteiger charge is 2.15. The van der Waals surface area contributed by atoms with Gasteiger partial charge in [0.05, 0.1) is 29.7 Å². The molecule has 0 saturated heterocycles. The number of thiazole rings is 1. The summed E-state index contributed by atoms with van der Waals surface area (Å²) in [5, 5.41) is 20.1. The van der Waals surface area contributed by atoms with E-state index in [9.17, 15) is 5.11 Å². The van der Waals surface area contributed by atoms with Crippen molar-refractivity contribution in [1.29, 1.82) is 0 Å². The molecule has 0 aliphatic heterocycles.